The smallest absolute Gasteiger partial charge is 0.253 e. The van der Waals surface area contributed by atoms with E-state index < -0.39 is 0 Å². The van der Waals surface area contributed by atoms with Gasteiger partial charge in [0.05, 0.1) is 19.2 Å². The number of nitrogens with one attached hydrogen (secondary N) is 1. The molecule has 1 aliphatic rings. The Morgan fingerprint density at radius 2 is 1.79 bits per heavy atom. The molecule has 0 bridgehead atoms. The van der Waals surface area contributed by atoms with Crippen LogP contribution in [0.1, 0.15) is 47.5 Å². The highest BCUT2D eigenvalue weighted by molar-refractivity contribution is 5.85. The lowest BCUT2D eigenvalue weighted by atomic mass is 10.00. The standard InChI is InChI=1S/C28H35N7O2.ClH/c1-5-10-33-11-13-34(14-12-33)26(24-17-22-16-19(2)15-20(3)25(22)29-28(24)36)27-30-31-32-35(27)18-21-6-8-23(37-4)9-7-21;/h6-9,15-17,26H,5,10-14,18H2,1-4H3,(H,29,36);1H. The third kappa shape index (κ3) is 5.75. The van der Waals surface area contributed by atoms with Crippen molar-refractivity contribution in [3.8, 4) is 5.75 Å². The van der Waals surface area contributed by atoms with Gasteiger partial charge in [-0.25, -0.2) is 4.68 Å². The topological polar surface area (TPSA) is 92.2 Å². The van der Waals surface area contributed by atoms with Crippen molar-refractivity contribution in [2.45, 2.75) is 39.8 Å². The van der Waals surface area contributed by atoms with Crippen molar-refractivity contribution in [3.05, 3.63) is 80.9 Å². The SMILES string of the molecule is CCCN1CCN(C(c2cc3cc(C)cc(C)c3[nH]c2=O)c2nnnn2Cc2ccc(OC)cc2)CC1.Cl. The summed E-state index contributed by atoms with van der Waals surface area (Å²) >= 11 is 0. The van der Waals surface area contributed by atoms with Gasteiger partial charge in [0, 0.05) is 31.7 Å². The minimum Gasteiger partial charge on any atom is -0.497 e. The molecule has 1 atom stereocenters. The number of aryl methyl sites for hydroxylation is 2. The van der Waals surface area contributed by atoms with E-state index in [4.69, 9.17) is 4.74 Å². The number of aromatic nitrogens is 5. The number of aromatic amines is 1. The highest BCUT2D eigenvalue weighted by Crippen LogP contribution is 2.29. The predicted molar refractivity (Wildman–Crippen MR) is 151 cm³/mol. The number of benzene rings is 2. The van der Waals surface area contributed by atoms with E-state index in [-0.39, 0.29) is 24.0 Å². The van der Waals surface area contributed by atoms with Crippen LogP contribution >= 0.6 is 12.4 Å². The van der Waals surface area contributed by atoms with Gasteiger partial charge >= 0.3 is 0 Å². The summed E-state index contributed by atoms with van der Waals surface area (Å²) in [5.41, 5.74) is 4.74. The molecule has 1 fully saturated rings. The molecule has 5 rings (SSSR count). The van der Waals surface area contributed by atoms with Crippen molar-refractivity contribution in [1.29, 1.82) is 0 Å². The summed E-state index contributed by atoms with van der Waals surface area (Å²) in [5, 5.41) is 13.9. The molecule has 2 aromatic carbocycles. The molecule has 38 heavy (non-hydrogen) atoms. The zero-order valence-electron chi connectivity index (χ0n) is 22.5. The van der Waals surface area contributed by atoms with Crippen molar-refractivity contribution < 1.29 is 4.74 Å². The van der Waals surface area contributed by atoms with Crippen LogP contribution in [0.25, 0.3) is 10.9 Å². The second kappa shape index (κ2) is 12.1. The molecule has 1 saturated heterocycles. The van der Waals surface area contributed by atoms with E-state index in [0.29, 0.717) is 17.9 Å². The number of ether oxygens (including phenoxy) is 1. The van der Waals surface area contributed by atoms with E-state index >= 15 is 0 Å². The summed E-state index contributed by atoms with van der Waals surface area (Å²) < 4.78 is 7.11. The first-order valence-electron chi connectivity index (χ1n) is 13.0. The maximum Gasteiger partial charge on any atom is 0.253 e. The molecule has 0 radical (unpaired) electrons. The van der Waals surface area contributed by atoms with Crippen LogP contribution in [0, 0.1) is 13.8 Å². The molecule has 0 amide bonds. The van der Waals surface area contributed by atoms with Crippen molar-refractivity contribution in [3.63, 3.8) is 0 Å². The van der Waals surface area contributed by atoms with Crippen LogP contribution in [-0.2, 0) is 6.54 Å². The number of piperazine rings is 1. The number of fused-ring (bicyclic) bond motifs is 1. The molecule has 0 spiro atoms. The molecule has 202 valence electrons. The molecule has 1 N–H and O–H groups in total. The minimum absolute atomic E-state index is 0. The molecule has 0 aliphatic carbocycles. The van der Waals surface area contributed by atoms with Crippen LogP contribution in [-0.4, -0.2) is 74.8 Å². The molecular formula is C28H36ClN7O2. The van der Waals surface area contributed by atoms with E-state index in [2.05, 4.69) is 56.3 Å². The van der Waals surface area contributed by atoms with Crippen molar-refractivity contribution >= 4 is 23.3 Å². The highest BCUT2D eigenvalue weighted by Gasteiger charge is 2.32. The zero-order valence-corrected chi connectivity index (χ0v) is 23.3. The normalized spacial score (nSPS) is 15.4. The highest BCUT2D eigenvalue weighted by atomic mass is 35.5. The molecular weight excluding hydrogens is 502 g/mol. The average Bonchev–Trinajstić information content (AvgIpc) is 3.34. The predicted octanol–water partition coefficient (Wildman–Crippen LogP) is 3.73. The molecule has 3 heterocycles. The molecule has 9 nitrogen and oxygen atoms in total. The van der Waals surface area contributed by atoms with Crippen molar-refractivity contribution in [1.82, 2.24) is 35.0 Å². The Kier molecular flexibility index (Phi) is 8.81. The minimum atomic E-state index is -0.356. The number of tetrazole rings is 1. The van der Waals surface area contributed by atoms with Gasteiger partial charge in [0.15, 0.2) is 5.82 Å². The number of rotatable bonds is 8. The number of halogens is 1. The fourth-order valence-electron chi connectivity index (χ4n) is 5.39. The molecule has 10 heteroatoms. The quantitative estimate of drug-likeness (QED) is 0.366. The monoisotopic (exact) mass is 537 g/mol. The van der Waals surface area contributed by atoms with Crippen LogP contribution in [0.4, 0.5) is 0 Å². The van der Waals surface area contributed by atoms with Gasteiger partial charge in [-0.3, -0.25) is 9.69 Å². The van der Waals surface area contributed by atoms with E-state index in [1.54, 1.807) is 7.11 Å². The number of hydrogen-bond acceptors (Lipinski definition) is 7. The van der Waals surface area contributed by atoms with Crippen LogP contribution in [0.15, 0.2) is 47.3 Å². The maximum absolute atomic E-state index is 13.6. The van der Waals surface area contributed by atoms with Crippen molar-refractivity contribution in [2.75, 3.05) is 39.8 Å². The number of pyridine rings is 1. The van der Waals surface area contributed by atoms with Gasteiger partial charge in [-0.15, -0.1) is 17.5 Å². The lowest BCUT2D eigenvalue weighted by Gasteiger charge is -2.38. The van der Waals surface area contributed by atoms with E-state index in [0.717, 1.165) is 72.5 Å². The number of nitrogens with zero attached hydrogens (tertiary/aromatic N) is 6. The zero-order chi connectivity index (χ0) is 25.9. The third-order valence-corrected chi connectivity index (χ3v) is 7.22. The van der Waals surface area contributed by atoms with Gasteiger partial charge in [-0.05, 0) is 78.0 Å². The molecule has 2 aromatic heterocycles. The summed E-state index contributed by atoms with van der Waals surface area (Å²) in [6, 6.07) is 13.8. The molecule has 4 aromatic rings. The largest absolute Gasteiger partial charge is 0.497 e. The van der Waals surface area contributed by atoms with E-state index in [9.17, 15) is 4.79 Å². The van der Waals surface area contributed by atoms with E-state index in [1.807, 2.05) is 41.9 Å². The Labute approximate surface area is 229 Å². The van der Waals surface area contributed by atoms with Gasteiger partial charge in [0.25, 0.3) is 5.56 Å². The Morgan fingerprint density at radius 3 is 2.47 bits per heavy atom. The third-order valence-electron chi connectivity index (χ3n) is 7.22. The summed E-state index contributed by atoms with van der Waals surface area (Å²) in [4.78, 5) is 21.6. The first-order chi connectivity index (χ1) is 18.0. The second-order valence-electron chi connectivity index (χ2n) is 9.92. The number of methoxy groups -OCH3 is 1. The van der Waals surface area contributed by atoms with Gasteiger partial charge < -0.3 is 14.6 Å². The Morgan fingerprint density at radius 1 is 1.05 bits per heavy atom. The Hall–Kier alpha value is -3.27. The van der Waals surface area contributed by atoms with Crippen LogP contribution in [0.3, 0.4) is 0 Å². The summed E-state index contributed by atoms with van der Waals surface area (Å²) in [6.45, 7) is 11.5. The average molecular weight is 538 g/mol. The lowest BCUT2D eigenvalue weighted by Crippen LogP contribution is -2.49. The summed E-state index contributed by atoms with van der Waals surface area (Å²) in [7, 11) is 1.66. The number of hydrogen-bond donors (Lipinski definition) is 1. The lowest BCUT2D eigenvalue weighted by molar-refractivity contribution is 0.104. The van der Waals surface area contributed by atoms with Crippen LogP contribution < -0.4 is 10.3 Å². The molecule has 0 saturated carbocycles. The van der Waals surface area contributed by atoms with Crippen LogP contribution in [0.5, 0.6) is 5.75 Å². The second-order valence-corrected chi connectivity index (χ2v) is 9.92. The van der Waals surface area contributed by atoms with Gasteiger partial charge in [-0.2, -0.15) is 0 Å². The molecule has 1 aliphatic heterocycles. The summed E-state index contributed by atoms with van der Waals surface area (Å²) in [5.74, 6) is 1.48. The first-order valence-corrected chi connectivity index (χ1v) is 13.0. The molecule has 1 unspecified atom stereocenters. The summed E-state index contributed by atoms with van der Waals surface area (Å²) in [6.07, 6.45) is 1.13. The van der Waals surface area contributed by atoms with Crippen LogP contribution in [0.2, 0.25) is 0 Å². The van der Waals surface area contributed by atoms with Gasteiger partial charge in [0.1, 0.15) is 11.8 Å². The van der Waals surface area contributed by atoms with E-state index in [1.165, 1.54) is 0 Å². The van der Waals surface area contributed by atoms with Gasteiger partial charge in [-0.1, -0.05) is 30.7 Å². The fourth-order valence-corrected chi connectivity index (χ4v) is 5.39. The maximum atomic E-state index is 13.6. The Bertz CT molecular complexity index is 1430. The van der Waals surface area contributed by atoms with Crippen molar-refractivity contribution in [2.24, 2.45) is 0 Å². The van der Waals surface area contributed by atoms with Gasteiger partial charge in [0.2, 0.25) is 0 Å². The number of H-pyrrole nitrogens is 1. The fraction of sp³-hybridized carbons (Fsp3) is 0.429. The Balaban J connectivity index is 0.00000336. The first kappa shape index (κ1) is 27.8.